The first kappa shape index (κ1) is 43.6. The Labute approximate surface area is 364 Å². The van der Waals surface area contributed by atoms with Crippen LogP contribution in [0.15, 0.2) is 47.3 Å². The molecular weight excluding hydrogens is 811 g/mol. The predicted octanol–water partition coefficient (Wildman–Crippen LogP) is 3.49. The Hall–Kier alpha value is -6.04. The van der Waals surface area contributed by atoms with Crippen molar-refractivity contribution < 1.29 is 42.9 Å². The van der Waals surface area contributed by atoms with E-state index >= 15 is 0 Å². The Morgan fingerprint density at radius 3 is 2.41 bits per heavy atom. The van der Waals surface area contributed by atoms with Gasteiger partial charge in [0.2, 0.25) is 11.8 Å². The predicted molar refractivity (Wildman–Crippen MR) is 233 cm³/mol. The lowest BCUT2D eigenvalue weighted by atomic mass is 9.92. The number of rotatable bonds is 15. The van der Waals surface area contributed by atoms with E-state index in [2.05, 4.69) is 55.1 Å². The standard InChI is InChI=1S/C46H55N7O10/c1-27-23-39(60-4)36(42(55)48-27)26-47-44(57)41-29(3)52(28(2)30-11-18-61-19-12-30)38-24-31(5-7-34(38)41)51-15-13-50(14-16-51)17-20-62-21-22-63-32-6-8-33-35(25-32)46(59)53(45(33)58)37-9-10-40(54)49-43(37)56/h5-8,23-25,28,30,37H,9-22,26H2,1-4H3,(H,47,57)(H,48,55)(H,49,54,56). The van der Waals surface area contributed by atoms with Crippen molar-refractivity contribution in [2.24, 2.45) is 5.92 Å². The van der Waals surface area contributed by atoms with Crippen LogP contribution in [-0.2, 0) is 25.6 Å². The molecule has 5 amide bonds. The molecule has 0 radical (unpaired) electrons. The summed E-state index contributed by atoms with van der Waals surface area (Å²) in [6, 6.07) is 11.9. The lowest BCUT2D eigenvalue weighted by molar-refractivity contribution is -0.136. The topological polar surface area (TPSA) is 194 Å². The second kappa shape index (κ2) is 18.7. The Kier molecular flexibility index (Phi) is 13.0. The summed E-state index contributed by atoms with van der Waals surface area (Å²) < 4.78 is 25.2. The molecule has 2 atom stereocenters. The molecule has 63 heavy (non-hydrogen) atoms. The number of nitrogens with one attached hydrogen (secondary N) is 3. The number of pyridine rings is 1. The van der Waals surface area contributed by atoms with Crippen LogP contribution in [0.1, 0.15) is 86.7 Å². The zero-order valence-corrected chi connectivity index (χ0v) is 36.3. The van der Waals surface area contributed by atoms with Crippen LogP contribution >= 0.6 is 0 Å². The number of imide groups is 2. The number of benzene rings is 2. The van der Waals surface area contributed by atoms with Crippen LogP contribution in [0.5, 0.6) is 11.5 Å². The van der Waals surface area contributed by atoms with Crippen LogP contribution < -0.4 is 30.6 Å². The van der Waals surface area contributed by atoms with Crippen LogP contribution in [0.25, 0.3) is 10.9 Å². The summed E-state index contributed by atoms with van der Waals surface area (Å²) in [5.74, 6) is -1.21. The molecule has 3 N–H and O–H groups in total. The number of methoxy groups -OCH3 is 1. The van der Waals surface area contributed by atoms with Crippen LogP contribution in [-0.4, -0.2) is 128 Å². The van der Waals surface area contributed by atoms with E-state index in [1.807, 2.05) is 6.92 Å². The first-order valence-electron chi connectivity index (χ1n) is 21.7. The third-order valence-corrected chi connectivity index (χ3v) is 12.9. The second-order valence-corrected chi connectivity index (χ2v) is 16.7. The number of nitrogens with zero attached hydrogens (tertiary/aromatic N) is 4. The number of hydrogen-bond acceptors (Lipinski definition) is 12. The highest BCUT2D eigenvalue weighted by Gasteiger charge is 2.44. The quantitative estimate of drug-likeness (QED) is 0.117. The second-order valence-electron chi connectivity index (χ2n) is 16.7. The zero-order valence-electron chi connectivity index (χ0n) is 36.3. The number of ether oxygens (including phenoxy) is 4. The minimum atomic E-state index is -1.02. The maximum atomic E-state index is 14.0. The molecule has 4 aliphatic heterocycles. The molecule has 8 rings (SSSR count). The van der Waals surface area contributed by atoms with Gasteiger partial charge in [-0.2, -0.15) is 0 Å². The van der Waals surface area contributed by atoms with Gasteiger partial charge in [-0.15, -0.1) is 0 Å². The number of piperidine rings is 1. The minimum Gasteiger partial charge on any atom is -0.496 e. The molecule has 6 heterocycles. The van der Waals surface area contributed by atoms with E-state index in [0.717, 1.165) is 86.0 Å². The number of piperazine rings is 1. The number of carbonyl (C=O) groups excluding carboxylic acids is 5. The van der Waals surface area contributed by atoms with Gasteiger partial charge in [-0.1, -0.05) is 0 Å². The highest BCUT2D eigenvalue weighted by atomic mass is 16.5. The number of aromatic nitrogens is 2. The van der Waals surface area contributed by atoms with Gasteiger partial charge in [-0.05, 0) is 88.4 Å². The molecule has 3 saturated heterocycles. The lowest BCUT2D eigenvalue weighted by Crippen LogP contribution is -2.54. The van der Waals surface area contributed by atoms with Gasteiger partial charge in [-0.3, -0.25) is 43.9 Å². The summed E-state index contributed by atoms with van der Waals surface area (Å²) in [5, 5.41) is 6.08. The number of aromatic amines is 1. The molecule has 0 aliphatic carbocycles. The molecule has 4 aromatic rings. The van der Waals surface area contributed by atoms with Crippen molar-refractivity contribution in [3.05, 3.63) is 86.5 Å². The molecular formula is C46H55N7O10. The van der Waals surface area contributed by atoms with Crippen LogP contribution in [0, 0.1) is 19.8 Å². The number of amides is 5. The molecule has 2 aromatic carbocycles. The molecule has 334 valence electrons. The maximum absolute atomic E-state index is 14.0. The number of aryl methyl sites for hydroxylation is 1. The maximum Gasteiger partial charge on any atom is 0.262 e. The summed E-state index contributed by atoms with van der Waals surface area (Å²) in [6.07, 6.45) is 2.05. The first-order chi connectivity index (χ1) is 30.4. The van der Waals surface area contributed by atoms with Crippen molar-refractivity contribution in [3.8, 4) is 11.5 Å². The molecule has 3 fully saturated rings. The molecule has 0 bridgehead atoms. The van der Waals surface area contributed by atoms with Crippen molar-refractivity contribution >= 4 is 46.1 Å². The third kappa shape index (κ3) is 8.95. The summed E-state index contributed by atoms with van der Waals surface area (Å²) >= 11 is 0. The fourth-order valence-corrected chi connectivity index (χ4v) is 9.42. The van der Waals surface area contributed by atoms with E-state index in [0.29, 0.717) is 47.5 Å². The van der Waals surface area contributed by atoms with E-state index in [1.54, 1.807) is 19.1 Å². The highest BCUT2D eigenvalue weighted by Crippen LogP contribution is 2.37. The molecule has 17 nitrogen and oxygen atoms in total. The molecule has 17 heteroatoms. The number of carbonyl (C=O) groups is 5. The van der Waals surface area contributed by atoms with Gasteiger partial charge in [0.25, 0.3) is 23.3 Å². The monoisotopic (exact) mass is 865 g/mol. The van der Waals surface area contributed by atoms with Crippen LogP contribution in [0.2, 0.25) is 0 Å². The van der Waals surface area contributed by atoms with Crippen molar-refractivity contribution in [1.29, 1.82) is 0 Å². The van der Waals surface area contributed by atoms with E-state index in [4.69, 9.17) is 18.9 Å². The van der Waals surface area contributed by atoms with Gasteiger partial charge in [0.1, 0.15) is 24.1 Å². The molecule has 0 saturated carbocycles. The van der Waals surface area contributed by atoms with Gasteiger partial charge in [0, 0.05) is 80.9 Å². The normalized spacial score (nSPS) is 19.1. The van der Waals surface area contributed by atoms with Crippen molar-refractivity contribution in [3.63, 3.8) is 0 Å². The summed E-state index contributed by atoms with van der Waals surface area (Å²) in [7, 11) is 1.51. The zero-order chi connectivity index (χ0) is 44.4. The first-order valence-corrected chi connectivity index (χ1v) is 21.7. The highest BCUT2D eigenvalue weighted by molar-refractivity contribution is 6.23. The molecule has 4 aliphatic rings. The van der Waals surface area contributed by atoms with Crippen LogP contribution in [0.3, 0.4) is 0 Å². The van der Waals surface area contributed by atoms with Crippen molar-refractivity contribution in [1.82, 2.24) is 30.0 Å². The average Bonchev–Trinajstić information content (AvgIpc) is 3.71. The van der Waals surface area contributed by atoms with Gasteiger partial charge in [0.05, 0.1) is 54.6 Å². The number of anilines is 1. The molecule has 2 aromatic heterocycles. The van der Waals surface area contributed by atoms with Gasteiger partial charge in [0.15, 0.2) is 0 Å². The summed E-state index contributed by atoms with van der Waals surface area (Å²) in [4.78, 5) is 85.4. The summed E-state index contributed by atoms with van der Waals surface area (Å²) in [6.45, 7) is 12.7. The van der Waals surface area contributed by atoms with Crippen LogP contribution in [0.4, 0.5) is 5.69 Å². The Morgan fingerprint density at radius 1 is 0.905 bits per heavy atom. The Balaban J connectivity index is 0.852. The number of H-pyrrole nitrogens is 1. The Morgan fingerprint density at radius 2 is 1.67 bits per heavy atom. The molecule has 2 unspecified atom stereocenters. The largest absolute Gasteiger partial charge is 0.496 e. The number of fused-ring (bicyclic) bond motifs is 2. The SMILES string of the molecule is COc1cc(C)[nH]c(=O)c1CNC(=O)c1c(C)n(C(C)C2CCOCC2)c2cc(N3CCN(CCOCCOc4ccc5c(c4)C(=O)N(C4CCC(=O)NC4=O)C5=O)CC3)ccc12. The summed E-state index contributed by atoms with van der Waals surface area (Å²) in [5.41, 5.74) is 4.71. The lowest BCUT2D eigenvalue weighted by Gasteiger charge is -2.36. The van der Waals surface area contributed by atoms with Crippen molar-refractivity contribution in [2.75, 3.05) is 77.8 Å². The minimum absolute atomic E-state index is 0.0267. The van der Waals surface area contributed by atoms with Crippen molar-refractivity contribution in [2.45, 2.75) is 65.1 Å². The fourth-order valence-electron chi connectivity index (χ4n) is 9.42. The van der Waals surface area contributed by atoms with E-state index in [1.165, 1.54) is 19.2 Å². The van der Waals surface area contributed by atoms with Gasteiger partial charge in [-0.25, -0.2) is 0 Å². The van der Waals surface area contributed by atoms with E-state index in [9.17, 15) is 28.8 Å². The third-order valence-electron chi connectivity index (χ3n) is 12.9. The van der Waals surface area contributed by atoms with E-state index < -0.39 is 29.7 Å². The smallest absolute Gasteiger partial charge is 0.262 e. The van der Waals surface area contributed by atoms with Gasteiger partial charge < -0.3 is 38.7 Å². The molecule has 0 spiro atoms. The Bertz CT molecular complexity index is 2480. The average molecular weight is 866 g/mol. The number of hydrogen-bond donors (Lipinski definition) is 3. The van der Waals surface area contributed by atoms with E-state index in [-0.39, 0.29) is 54.6 Å². The fraction of sp³-hybridized carbons (Fsp3) is 0.478. The van der Waals surface area contributed by atoms with Gasteiger partial charge >= 0.3 is 0 Å².